The van der Waals surface area contributed by atoms with Gasteiger partial charge in [-0.2, -0.15) is 12.6 Å². The highest BCUT2D eigenvalue weighted by Crippen LogP contribution is 2.10. The summed E-state index contributed by atoms with van der Waals surface area (Å²) in [5, 5.41) is 16.7. The van der Waals surface area contributed by atoms with E-state index in [4.69, 9.17) is 10.8 Å². The van der Waals surface area contributed by atoms with Crippen LogP contribution in [0.15, 0.2) is 12.5 Å². The van der Waals surface area contributed by atoms with Crippen LogP contribution in [-0.2, 0) is 25.6 Å². The fourth-order valence-corrected chi connectivity index (χ4v) is 2.78. The number of carboxylic acid groups (broad SMARTS) is 1. The molecule has 0 aliphatic heterocycles. The first kappa shape index (κ1) is 25.4. The minimum absolute atomic E-state index is 0.102. The minimum Gasteiger partial charge on any atom is -0.480 e. The summed E-state index contributed by atoms with van der Waals surface area (Å²) < 4.78 is 0. The third kappa shape index (κ3) is 7.67. The van der Waals surface area contributed by atoms with Gasteiger partial charge in [-0.3, -0.25) is 14.4 Å². The maximum Gasteiger partial charge on any atom is 0.327 e. The summed E-state index contributed by atoms with van der Waals surface area (Å²) >= 11 is 3.93. The second-order valence-corrected chi connectivity index (χ2v) is 7.45. The number of hydrogen-bond acceptors (Lipinski definition) is 7. The quantitative estimate of drug-likeness (QED) is 0.199. The number of carbonyl (C=O) groups is 4. The van der Waals surface area contributed by atoms with Crippen LogP contribution in [0.3, 0.4) is 0 Å². The molecule has 0 fully saturated rings. The Balaban J connectivity index is 3.01. The van der Waals surface area contributed by atoms with Crippen molar-refractivity contribution in [3.05, 3.63) is 18.2 Å². The van der Waals surface area contributed by atoms with Crippen molar-refractivity contribution in [1.29, 1.82) is 0 Å². The standard InChI is InChI=1S/C18H30N6O5S/c1-4-9(2)14(17(27)23-13(7-30)18(28)29)24-16(26)12(22-15(25)10(3)19)5-11-6-20-8-21-11/h6,8-10,12-14,30H,4-5,7,19H2,1-3H3,(H,20,21)(H,22,25)(H,23,27)(H,24,26)(H,28,29). The molecule has 0 spiro atoms. The van der Waals surface area contributed by atoms with Gasteiger partial charge < -0.3 is 31.8 Å². The maximum absolute atomic E-state index is 12.9. The summed E-state index contributed by atoms with van der Waals surface area (Å²) in [6.45, 7) is 5.08. The predicted molar refractivity (Wildman–Crippen MR) is 113 cm³/mol. The molecule has 1 heterocycles. The molecule has 30 heavy (non-hydrogen) atoms. The number of nitrogens with two attached hydrogens (primary N) is 1. The first-order chi connectivity index (χ1) is 14.1. The molecule has 0 saturated carbocycles. The van der Waals surface area contributed by atoms with Crippen molar-refractivity contribution < 1.29 is 24.3 Å². The van der Waals surface area contributed by atoms with Gasteiger partial charge in [0.1, 0.15) is 18.1 Å². The van der Waals surface area contributed by atoms with Gasteiger partial charge in [0.2, 0.25) is 17.7 Å². The van der Waals surface area contributed by atoms with E-state index in [1.165, 1.54) is 19.4 Å². The van der Waals surface area contributed by atoms with E-state index in [9.17, 15) is 19.2 Å². The lowest BCUT2D eigenvalue weighted by atomic mass is 9.97. The smallest absolute Gasteiger partial charge is 0.327 e. The molecular formula is C18H30N6O5S. The molecule has 11 nitrogen and oxygen atoms in total. The van der Waals surface area contributed by atoms with E-state index in [1.807, 2.05) is 6.92 Å². The Morgan fingerprint density at radius 1 is 1.13 bits per heavy atom. The number of nitrogens with zero attached hydrogens (tertiary/aromatic N) is 1. The molecule has 1 aromatic heterocycles. The molecule has 0 bridgehead atoms. The number of carboxylic acids is 1. The van der Waals surface area contributed by atoms with Crippen molar-refractivity contribution in [3.8, 4) is 0 Å². The largest absolute Gasteiger partial charge is 0.480 e. The number of thiol groups is 1. The Morgan fingerprint density at radius 2 is 1.77 bits per heavy atom. The maximum atomic E-state index is 12.9. The van der Waals surface area contributed by atoms with Gasteiger partial charge >= 0.3 is 5.97 Å². The Morgan fingerprint density at radius 3 is 2.23 bits per heavy atom. The van der Waals surface area contributed by atoms with E-state index >= 15 is 0 Å². The number of aromatic amines is 1. The molecule has 3 amide bonds. The molecule has 1 aromatic rings. The number of hydrogen-bond donors (Lipinski definition) is 7. The molecule has 0 saturated heterocycles. The fourth-order valence-electron chi connectivity index (χ4n) is 2.53. The lowest BCUT2D eigenvalue weighted by Crippen LogP contribution is -2.59. The molecule has 5 atom stereocenters. The summed E-state index contributed by atoms with van der Waals surface area (Å²) in [5.74, 6) is -3.39. The second-order valence-electron chi connectivity index (χ2n) is 7.08. The lowest BCUT2D eigenvalue weighted by molar-refractivity contribution is -0.142. The molecular weight excluding hydrogens is 412 g/mol. The van der Waals surface area contributed by atoms with Crippen molar-refractivity contribution >= 4 is 36.3 Å². The third-order valence-electron chi connectivity index (χ3n) is 4.62. The van der Waals surface area contributed by atoms with E-state index in [2.05, 4.69) is 38.5 Å². The number of nitrogens with one attached hydrogen (secondary N) is 4. The minimum atomic E-state index is -1.23. The number of carbonyl (C=O) groups excluding carboxylic acids is 3. The molecule has 12 heteroatoms. The zero-order valence-electron chi connectivity index (χ0n) is 17.2. The van der Waals surface area contributed by atoms with E-state index in [0.717, 1.165) is 0 Å². The van der Waals surface area contributed by atoms with Crippen molar-refractivity contribution in [3.63, 3.8) is 0 Å². The molecule has 0 aromatic carbocycles. The fraction of sp³-hybridized carbons (Fsp3) is 0.611. The van der Waals surface area contributed by atoms with Crippen LogP contribution >= 0.6 is 12.6 Å². The van der Waals surface area contributed by atoms with Crippen LogP contribution < -0.4 is 21.7 Å². The Labute approximate surface area is 180 Å². The van der Waals surface area contributed by atoms with Gasteiger partial charge in [0.05, 0.1) is 12.4 Å². The molecule has 0 aliphatic carbocycles. The van der Waals surface area contributed by atoms with Gasteiger partial charge in [0.15, 0.2) is 0 Å². The average molecular weight is 443 g/mol. The summed E-state index contributed by atoms with van der Waals surface area (Å²) in [7, 11) is 0. The van der Waals surface area contributed by atoms with Crippen LogP contribution in [0.25, 0.3) is 0 Å². The highest BCUT2D eigenvalue weighted by molar-refractivity contribution is 7.80. The Hall–Kier alpha value is -2.60. The number of imidazole rings is 1. The van der Waals surface area contributed by atoms with Crippen molar-refractivity contribution in [2.24, 2.45) is 11.7 Å². The van der Waals surface area contributed by atoms with Gasteiger partial charge in [-0.05, 0) is 12.8 Å². The van der Waals surface area contributed by atoms with E-state index < -0.39 is 47.9 Å². The molecule has 168 valence electrons. The van der Waals surface area contributed by atoms with E-state index in [0.29, 0.717) is 12.1 Å². The summed E-state index contributed by atoms with van der Waals surface area (Å²) in [5.41, 5.74) is 6.19. The molecule has 7 N–H and O–H groups in total. The second kappa shape index (κ2) is 12.2. The van der Waals surface area contributed by atoms with Crippen LogP contribution in [0.1, 0.15) is 32.9 Å². The van der Waals surface area contributed by atoms with E-state index in [-0.39, 0.29) is 18.1 Å². The SMILES string of the molecule is CCC(C)C(NC(=O)C(Cc1cnc[nH]1)NC(=O)C(C)N)C(=O)NC(CS)C(=O)O. The van der Waals surface area contributed by atoms with Crippen LogP contribution in [0.4, 0.5) is 0 Å². The predicted octanol–water partition coefficient (Wildman–Crippen LogP) is -1.19. The number of aliphatic carboxylic acids is 1. The summed E-state index contributed by atoms with van der Waals surface area (Å²) in [4.78, 5) is 55.6. The van der Waals surface area contributed by atoms with Crippen molar-refractivity contribution in [2.75, 3.05) is 5.75 Å². The molecule has 5 unspecified atom stereocenters. The zero-order chi connectivity index (χ0) is 22.8. The van der Waals surface area contributed by atoms with E-state index in [1.54, 1.807) is 6.92 Å². The van der Waals surface area contributed by atoms with Gasteiger partial charge in [0.25, 0.3) is 0 Å². The van der Waals surface area contributed by atoms with Crippen LogP contribution in [0, 0.1) is 5.92 Å². The third-order valence-corrected chi connectivity index (χ3v) is 4.98. The molecule has 0 radical (unpaired) electrons. The normalized spacial score (nSPS) is 15.9. The van der Waals surface area contributed by atoms with Gasteiger partial charge in [-0.1, -0.05) is 20.3 Å². The summed E-state index contributed by atoms with van der Waals surface area (Å²) in [6.07, 6.45) is 3.61. The first-order valence-corrected chi connectivity index (χ1v) is 10.2. The first-order valence-electron chi connectivity index (χ1n) is 9.58. The topological polar surface area (TPSA) is 179 Å². The lowest BCUT2D eigenvalue weighted by Gasteiger charge is -2.27. The monoisotopic (exact) mass is 442 g/mol. The number of amides is 3. The van der Waals surface area contributed by atoms with Gasteiger partial charge in [0, 0.05) is 24.1 Å². The zero-order valence-corrected chi connectivity index (χ0v) is 18.1. The van der Waals surface area contributed by atoms with Crippen LogP contribution in [-0.4, -0.2) is 68.7 Å². The van der Waals surface area contributed by atoms with Gasteiger partial charge in [-0.25, -0.2) is 9.78 Å². The van der Waals surface area contributed by atoms with Crippen molar-refractivity contribution in [1.82, 2.24) is 25.9 Å². The Bertz CT molecular complexity index is 727. The van der Waals surface area contributed by atoms with Crippen molar-refractivity contribution in [2.45, 2.75) is 57.8 Å². The molecule has 0 aliphatic rings. The van der Waals surface area contributed by atoms with Crippen LogP contribution in [0.2, 0.25) is 0 Å². The Kier molecular flexibility index (Phi) is 10.3. The average Bonchev–Trinajstić information content (AvgIpc) is 3.21. The highest BCUT2D eigenvalue weighted by atomic mass is 32.1. The van der Waals surface area contributed by atoms with Crippen LogP contribution in [0.5, 0.6) is 0 Å². The molecule has 1 rings (SSSR count). The summed E-state index contributed by atoms with van der Waals surface area (Å²) in [6, 6.07) is -4.03. The number of rotatable bonds is 12. The highest BCUT2D eigenvalue weighted by Gasteiger charge is 2.32. The number of aromatic nitrogens is 2. The van der Waals surface area contributed by atoms with Gasteiger partial charge in [-0.15, -0.1) is 0 Å². The number of H-pyrrole nitrogens is 1.